The molecule has 1 N–H and O–H groups in total. The second kappa shape index (κ2) is 11.5. The summed E-state index contributed by atoms with van der Waals surface area (Å²) >= 11 is 3.44. The van der Waals surface area contributed by atoms with Crippen LogP contribution in [0.1, 0.15) is 38.5 Å². The molecule has 0 saturated carbocycles. The predicted octanol–water partition coefficient (Wildman–Crippen LogP) is 2.65. The first-order valence-corrected chi connectivity index (χ1v) is 6.78. The van der Waals surface area contributed by atoms with Gasteiger partial charge in [-0.15, -0.1) is 0 Å². The molecule has 0 aliphatic rings. The number of aliphatic hydroxyl groups is 1. The molecule has 0 spiro atoms. The van der Waals surface area contributed by atoms with Crippen LogP contribution in [0, 0.1) is 0 Å². The standard InChI is InChI=1S/C11H24BrNO/c1-13(9-5-2-4-8-12)10-6-3-7-11-14/h14H,2-11H2,1H3. The third-order valence-electron chi connectivity index (χ3n) is 2.37. The number of halogens is 1. The van der Waals surface area contributed by atoms with Crippen LogP contribution in [0.3, 0.4) is 0 Å². The lowest BCUT2D eigenvalue weighted by Gasteiger charge is -2.15. The van der Waals surface area contributed by atoms with Gasteiger partial charge < -0.3 is 10.0 Å². The minimum absolute atomic E-state index is 0.342. The van der Waals surface area contributed by atoms with Gasteiger partial charge in [-0.25, -0.2) is 0 Å². The summed E-state index contributed by atoms with van der Waals surface area (Å²) in [5.74, 6) is 0. The van der Waals surface area contributed by atoms with Crippen molar-refractivity contribution >= 4 is 15.9 Å². The van der Waals surface area contributed by atoms with Crippen LogP contribution < -0.4 is 0 Å². The van der Waals surface area contributed by atoms with E-state index in [1.807, 2.05) is 0 Å². The Hall–Kier alpha value is 0.400. The highest BCUT2D eigenvalue weighted by atomic mass is 79.9. The van der Waals surface area contributed by atoms with E-state index in [9.17, 15) is 0 Å². The quantitative estimate of drug-likeness (QED) is 0.485. The minimum Gasteiger partial charge on any atom is -0.396 e. The van der Waals surface area contributed by atoms with Crippen molar-refractivity contribution in [2.45, 2.75) is 38.5 Å². The highest BCUT2D eigenvalue weighted by molar-refractivity contribution is 9.09. The molecule has 0 fully saturated rings. The Kier molecular flexibility index (Phi) is 11.8. The fourth-order valence-corrected chi connectivity index (χ4v) is 1.83. The van der Waals surface area contributed by atoms with E-state index in [0.29, 0.717) is 6.61 Å². The third-order valence-corrected chi connectivity index (χ3v) is 2.93. The summed E-state index contributed by atoms with van der Waals surface area (Å²) in [6.45, 7) is 2.73. The molecule has 3 heteroatoms. The van der Waals surface area contributed by atoms with E-state index >= 15 is 0 Å². The molecule has 14 heavy (non-hydrogen) atoms. The number of nitrogens with zero attached hydrogens (tertiary/aromatic N) is 1. The lowest BCUT2D eigenvalue weighted by Crippen LogP contribution is -2.20. The summed E-state index contributed by atoms with van der Waals surface area (Å²) in [6, 6.07) is 0. The molecule has 86 valence electrons. The van der Waals surface area contributed by atoms with E-state index in [1.165, 1.54) is 38.8 Å². The molecule has 0 heterocycles. The Balaban J connectivity index is 3.07. The first-order valence-electron chi connectivity index (χ1n) is 5.66. The zero-order chi connectivity index (χ0) is 10.6. The highest BCUT2D eigenvalue weighted by Gasteiger charge is 1.97. The van der Waals surface area contributed by atoms with Crippen LogP contribution in [0.5, 0.6) is 0 Å². The zero-order valence-corrected chi connectivity index (χ0v) is 10.9. The van der Waals surface area contributed by atoms with Gasteiger partial charge in [0.2, 0.25) is 0 Å². The van der Waals surface area contributed by atoms with Gasteiger partial charge in [-0.3, -0.25) is 0 Å². The molecule has 0 saturated heterocycles. The van der Waals surface area contributed by atoms with Crippen LogP contribution in [-0.4, -0.2) is 42.1 Å². The van der Waals surface area contributed by atoms with Crippen molar-refractivity contribution in [1.29, 1.82) is 0 Å². The van der Waals surface area contributed by atoms with E-state index in [2.05, 4.69) is 27.9 Å². The van der Waals surface area contributed by atoms with Crippen molar-refractivity contribution in [3.63, 3.8) is 0 Å². The molecule has 0 bridgehead atoms. The summed E-state index contributed by atoms with van der Waals surface area (Å²) in [6.07, 6.45) is 7.25. The van der Waals surface area contributed by atoms with Gasteiger partial charge in [0.05, 0.1) is 0 Å². The lowest BCUT2D eigenvalue weighted by molar-refractivity contribution is 0.271. The molecule has 0 unspecified atom stereocenters. The van der Waals surface area contributed by atoms with Gasteiger partial charge in [-0.2, -0.15) is 0 Å². The largest absolute Gasteiger partial charge is 0.396 e. The highest BCUT2D eigenvalue weighted by Crippen LogP contribution is 2.01. The van der Waals surface area contributed by atoms with Crippen LogP contribution in [0.4, 0.5) is 0 Å². The fourth-order valence-electron chi connectivity index (χ4n) is 1.44. The fraction of sp³-hybridized carbons (Fsp3) is 1.00. The number of aliphatic hydroxyl groups excluding tert-OH is 1. The first-order chi connectivity index (χ1) is 6.81. The van der Waals surface area contributed by atoms with Crippen molar-refractivity contribution in [3.05, 3.63) is 0 Å². The van der Waals surface area contributed by atoms with Crippen LogP contribution in [0.25, 0.3) is 0 Å². The maximum atomic E-state index is 8.61. The van der Waals surface area contributed by atoms with Gasteiger partial charge in [0.25, 0.3) is 0 Å². The number of rotatable bonds is 10. The average Bonchev–Trinajstić information content (AvgIpc) is 2.19. The number of hydrogen-bond donors (Lipinski definition) is 1. The van der Waals surface area contributed by atoms with Crippen molar-refractivity contribution in [2.75, 3.05) is 32.1 Å². The molecule has 0 radical (unpaired) electrons. The molecular formula is C11H24BrNO. The molecule has 0 aromatic rings. The Labute approximate surface area is 96.8 Å². The first kappa shape index (κ1) is 14.4. The maximum Gasteiger partial charge on any atom is 0.0431 e. The number of alkyl halides is 1. The second-order valence-electron chi connectivity index (χ2n) is 3.84. The van der Waals surface area contributed by atoms with Crippen molar-refractivity contribution in [1.82, 2.24) is 4.90 Å². The third kappa shape index (κ3) is 10.5. The lowest BCUT2D eigenvalue weighted by atomic mass is 10.2. The Morgan fingerprint density at radius 1 is 0.929 bits per heavy atom. The summed E-state index contributed by atoms with van der Waals surface area (Å²) < 4.78 is 0. The predicted molar refractivity (Wildman–Crippen MR) is 66.1 cm³/mol. The monoisotopic (exact) mass is 265 g/mol. The van der Waals surface area contributed by atoms with Gasteiger partial charge in [-0.1, -0.05) is 22.4 Å². The normalized spacial score (nSPS) is 11.1. The average molecular weight is 266 g/mol. The smallest absolute Gasteiger partial charge is 0.0431 e. The van der Waals surface area contributed by atoms with Gasteiger partial charge in [0.1, 0.15) is 0 Å². The summed E-state index contributed by atoms with van der Waals surface area (Å²) in [5, 5.41) is 9.75. The van der Waals surface area contributed by atoms with Gasteiger partial charge >= 0.3 is 0 Å². The maximum absolute atomic E-state index is 8.61. The molecule has 2 nitrogen and oxygen atoms in total. The van der Waals surface area contributed by atoms with E-state index in [-0.39, 0.29) is 0 Å². The minimum atomic E-state index is 0.342. The van der Waals surface area contributed by atoms with Crippen molar-refractivity contribution < 1.29 is 5.11 Å². The van der Waals surface area contributed by atoms with Gasteiger partial charge in [-0.05, 0) is 52.2 Å². The Morgan fingerprint density at radius 3 is 2.00 bits per heavy atom. The van der Waals surface area contributed by atoms with E-state index in [0.717, 1.165) is 18.2 Å². The van der Waals surface area contributed by atoms with Crippen molar-refractivity contribution in [2.24, 2.45) is 0 Å². The zero-order valence-electron chi connectivity index (χ0n) is 9.34. The summed E-state index contributed by atoms with van der Waals surface area (Å²) in [4.78, 5) is 2.39. The molecule has 0 aromatic heterocycles. The Bertz CT molecular complexity index is 99.5. The van der Waals surface area contributed by atoms with Crippen LogP contribution in [-0.2, 0) is 0 Å². The van der Waals surface area contributed by atoms with Gasteiger partial charge in [0.15, 0.2) is 0 Å². The molecule has 0 amide bonds. The Morgan fingerprint density at radius 2 is 1.50 bits per heavy atom. The van der Waals surface area contributed by atoms with Crippen LogP contribution >= 0.6 is 15.9 Å². The summed E-state index contributed by atoms with van der Waals surface area (Å²) in [5.41, 5.74) is 0. The molecule has 0 rings (SSSR count). The summed E-state index contributed by atoms with van der Waals surface area (Å²) in [7, 11) is 2.19. The molecular weight excluding hydrogens is 242 g/mol. The number of unbranched alkanes of at least 4 members (excludes halogenated alkanes) is 4. The van der Waals surface area contributed by atoms with E-state index < -0.39 is 0 Å². The van der Waals surface area contributed by atoms with Gasteiger partial charge in [0, 0.05) is 11.9 Å². The molecule has 0 aliphatic heterocycles. The topological polar surface area (TPSA) is 23.5 Å². The van der Waals surface area contributed by atoms with Crippen molar-refractivity contribution in [3.8, 4) is 0 Å². The van der Waals surface area contributed by atoms with Crippen LogP contribution in [0.2, 0.25) is 0 Å². The van der Waals surface area contributed by atoms with E-state index in [4.69, 9.17) is 5.11 Å². The molecule has 0 aliphatic carbocycles. The molecule has 0 atom stereocenters. The SMILES string of the molecule is CN(CCCCCO)CCCCCBr. The second-order valence-corrected chi connectivity index (χ2v) is 4.63. The number of hydrogen-bond acceptors (Lipinski definition) is 2. The van der Waals surface area contributed by atoms with Crippen LogP contribution in [0.15, 0.2) is 0 Å². The molecule has 0 aromatic carbocycles. The van der Waals surface area contributed by atoms with E-state index in [1.54, 1.807) is 0 Å².